The minimum absolute atomic E-state index is 0.00145. The number of nitrogens with one attached hydrogen (secondary N) is 1. The molecule has 0 saturated heterocycles. The molecule has 0 spiro atoms. The van der Waals surface area contributed by atoms with Gasteiger partial charge in [-0.1, -0.05) is 30.3 Å². The fraction of sp³-hybridized carbons (Fsp3) is 0.286. The van der Waals surface area contributed by atoms with Gasteiger partial charge in [0.1, 0.15) is 5.82 Å². The van der Waals surface area contributed by atoms with Crippen molar-refractivity contribution in [3.63, 3.8) is 0 Å². The molecule has 0 amide bonds. The average molecular weight is 352 g/mol. The number of hydrogen-bond donors (Lipinski definition) is 1. The fourth-order valence-corrected chi connectivity index (χ4v) is 2.72. The van der Waals surface area contributed by atoms with Crippen LogP contribution in [0.4, 0.5) is 0 Å². The van der Waals surface area contributed by atoms with Crippen LogP contribution in [0.15, 0.2) is 35.1 Å². The number of aromatic nitrogens is 2. The zero-order valence-electron chi connectivity index (χ0n) is 9.82. The Morgan fingerprint density at radius 3 is 2.67 bits per heavy atom. The summed E-state index contributed by atoms with van der Waals surface area (Å²) in [5, 5.41) is 0. The summed E-state index contributed by atoms with van der Waals surface area (Å²) in [5.41, 5.74) is 2.16. The second-order valence-electron chi connectivity index (χ2n) is 4.65. The highest BCUT2D eigenvalue weighted by Crippen LogP contribution is 2.40. The lowest BCUT2D eigenvalue weighted by Gasteiger charge is -2.05. The van der Waals surface area contributed by atoms with Crippen LogP contribution < -0.4 is 5.56 Å². The fourth-order valence-electron chi connectivity index (χ4n) is 2.02. The van der Waals surface area contributed by atoms with Crippen LogP contribution in [0.5, 0.6) is 0 Å². The van der Waals surface area contributed by atoms with Crippen LogP contribution in [0.1, 0.15) is 35.8 Å². The van der Waals surface area contributed by atoms with E-state index in [4.69, 9.17) is 0 Å². The molecule has 0 aliphatic heterocycles. The monoisotopic (exact) mass is 352 g/mol. The van der Waals surface area contributed by atoms with Gasteiger partial charge in [0, 0.05) is 12.3 Å². The van der Waals surface area contributed by atoms with Crippen molar-refractivity contribution in [3.8, 4) is 0 Å². The molecule has 1 heterocycles. The normalized spacial score (nSPS) is 14.7. The molecule has 1 aromatic carbocycles. The highest BCUT2D eigenvalue weighted by atomic mass is 127. The molecule has 0 radical (unpaired) electrons. The van der Waals surface area contributed by atoms with Crippen molar-refractivity contribution in [2.45, 2.75) is 25.2 Å². The van der Waals surface area contributed by atoms with Crippen molar-refractivity contribution in [3.05, 3.63) is 61.3 Å². The van der Waals surface area contributed by atoms with Crippen molar-refractivity contribution in [2.75, 3.05) is 0 Å². The van der Waals surface area contributed by atoms with Gasteiger partial charge in [0.05, 0.1) is 9.26 Å². The molecule has 0 atom stereocenters. The van der Waals surface area contributed by atoms with Gasteiger partial charge in [-0.15, -0.1) is 0 Å². The second kappa shape index (κ2) is 4.84. The molecule has 92 valence electrons. The standard InChI is InChI=1S/C14H13IN2O/c15-12-13(10-6-7-10)16-11(17-14(12)18)8-9-4-2-1-3-5-9/h1-5,10H,6-8H2,(H,16,17,18). The Hall–Kier alpha value is -1.17. The first kappa shape index (κ1) is 11.9. The number of rotatable bonds is 3. The van der Waals surface area contributed by atoms with Crippen LogP contribution in [-0.4, -0.2) is 9.97 Å². The summed E-state index contributed by atoms with van der Waals surface area (Å²) in [4.78, 5) is 19.4. The van der Waals surface area contributed by atoms with Gasteiger partial charge in [0.2, 0.25) is 0 Å². The molecule has 1 aromatic heterocycles. The number of halogens is 1. The van der Waals surface area contributed by atoms with Gasteiger partial charge in [-0.05, 0) is 41.0 Å². The van der Waals surface area contributed by atoms with Gasteiger partial charge in [-0.3, -0.25) is 4.79 Å². The summed E-state index contributed by atoms with van der Waals surface area (Å²) in [6, 6.07) is 10.1. The molecule has 1 aliphatic carbocycles. The molecule has 4 heteroatoms. The van der Waals surface area contributed by atoms with Gasteiger partial charge in [-0.2, -0.15) is 0 Å². The number of hydrogen-bond acceptors (Lipinski definition) is 2. The third kappa shape index (κ3) is 2.48. The van der Waals surface area contributed by atoms with Crippen LogP contribution in [0.3, 0.4) is 0 Å². The van der Waals surface area contributed by atoms with Gasteiger partial charge >= 0.3 is 0 Å². The first-order valence-corrected chi connectivity index (χ1v) is 7.14. The van der Waals surface area contributed by atoms with Gasteiger partial charge in [0.15, 0.2) is 0 Å². The summed E-state index contributed by atoms with van der Waals surface area (Å²) in [6.45, 7) is 0. The van der Waals surface area contributed by atoms with Crippen molar-refractivity contribution in [1.29, 1.82) is 0 Å². The number of H-pyrrole nitrogens is 1. The van der Waals surface area contributed by atoms with E-state index in [1.165, 1.54) is 5.56 Å². The summed E-state index contributed by atoms with van der Waals surface area (Å²) in [6.07, 6.45) is 3.02. The molecule has 1 fully saturated rings. The highest BCUT2D eigenvalue weighted by molar-refractivity contribution is 14.1. The predicted octanol–water partition coefficient (Wildman–Crippen LogP) is 2.84. The van der Waals surface area contributed by atoms with Crippen molar-refractivity contribution < 1.29 is 0 Å². The molecule has 3 nitrogen and oxygen atoms in total. The lowest BCUT2D eigenvalue weighted by Crippen LogP contribution is -2.18. The lowest BCUT2D eigenvalue weighted by molar-refractivity contribution is 0.869. The maximum absolute atomic E-state index is 11.9. The first-order chi connectivity index (χ1) is 8.74. The number of nitrogens with zero attached hydrogens (tertiary/aromatic N) is 1. The maximum atomic E-state index is 11.9. The molecule has 1 aliphatic rings. The smallest absolute Gasteiger partial charge is 0.264 e. The molecule has 0 bridgehead atoms. The molecule has 18 heavy (non-hydrogen) atoms. The van der Waals surface area contributed by atoms with E-state index in [-0.39, 0.29) is 5.56 Å². The summed E-state index contributed by atoms with van der Waals surface area (Å²) in [5.74, 6) is 1.28. The number of aromatic amines is 1. The lowest BCUT2D eigenvalue weighted by atomic mass is 10.1. The van der Waals surface area contributed by atoms with E-state index in [9.17, 15) is 4.79 Å². The zero-order valence-corrected chi connectivity index (χ0v) is 12.0. The third-order valence-electron chi connectivity index (χ3n) is 3.12. The summed E-state index contributed by atoms with van der Waals surface area (Å²) < 4.78 is 0.756. The van der Waals surface area contributed by atoms with Crippen LogP contribution in [0.25, 0.3) is 0 Å². The zero-order chi connectivity index (χ0) is 12.5. The van der Waals surface area contributed by atoms with E-state index in [1.54, 1.807) is 0 Å². The average Bonchev–Trinajstić information content (AvgIpc) is 3.19. The van der Waals surface area contributed by atoms with Crippen LogP contribution in [-0.2, 0) is 6.42 Å². The quantitative estimate of drug-likeness (QED) is 0.864. The van der Waals surface area contributed by atoms with E-state index in [2.05, 4.69) is 44.7 Å². The predicted molar refractivity (Wildman–Crippen MR) is 78.8 cm³/mol. The Labute approximate surface area is 119 Å². The molecular weight excluding hydrogens is 339 g/mol. The Bertz CT molecular complexity index is 617. The van der Waals surface area contributed by atoms with Gasteiger partial charge < -0.3 is 4.98 Å². The number of benzene rings is 1. The van der Waals surface area contributed by atoms with Crippen molar-refractivity contribution in [1.82, 2.24) is 9.97 Å². The van der Waals surface area contributed by atoms with E-state index < -0.39 is 0 Å². The largest absolute Gasteiger partial charge is 0.309 e. The topological polar surface area (TPSA) is 45.8 Å². The molecule has 1 saturated carbocycles. The summed E-state index contributed by atoms with van der Waals surface area (Å²) >= 11 is 2.10. The van der Waals surface area contributed by atoms with Crippen molar-refractivity contribution >= 4 is 22.6 Å². The molecule has 1 N–H and O–H groups in total. The molecule has 2 aromatic rings. The van der Waals surface area contributed by atoms with Crippen LogP contribution in [0.2, 0.25) is 0 Å². The molecular formula is C14H13IN2O. The van der Waals surface area contributed by atoms with E-state index in [0.717, 1.165) is 27.9 Å². The Kier molecular flexibility index (Phi) is 3.20. The van der Waals surface area contributed by atoms with Gasteiger partial charge in [0.25, 0.3) is 5.56 Å². The van der Waals surface area contributed by atoms with Crippen LogP contribution in [0, 0.1) is 3.57 Å². The van der Waals surface area contributed by atoms with E-state index in [0.29, 0.717) is 12.3 Å². The van der Waals surface area contributed by atoms with Crippen LogP contribution >= 0.6 is 22.6 Å². The Morgan fingerprint density at radius 2 is 2.00 bits per heavy atom. The van der Waals surface area contributed by atoms with Crippen molar-refractivity contribution in [2.24, 2.45) is 0 Å². The summed E-state index contributed by atoms with van der Waals surface area (Å²) in [7, 11) is 0. The first-order valence-electron chi connectivity index (χ1n) is 6.06. The third-order valence-corrected chi connectivity index (χ3v) is 4.16. The minimum Gasteiger partial charge on any atom is -0.309 e. The maximum Gasteiger partial charge on any atom is 0.264 e. The van der Waals surface area contributed by atoms with E-state index in [1.807, 2.05) is 18.2 Å². The highest BCUT2D eigenvalue weighted by Gasteiger charge is 2.28. The molecule has 3 rings (SSSR count). The van der Waals surface area contributed by atoms with E-state index >= 15 is 0 Å². The minimum atomic E-state index is -0.00145. The second-order valence-corrected chi connectivity index (χ2v) is 5.73. The molecule has 0 unspecified atom stereocenters. The van der Waals surface area contributed by atoms with Gasteiger partial charge in [-0.25, -0.2) is 4.98 Å². The SMILES string of the molecule is O=c1[nH]c(Cc2ccccc2)nc(C2CC2)c1I. The Morgan fingerprint density at radius 1 is 1.28 bits per heavy atom. The Balaban J connectivity index is 1.95.